The first-order valence-corrected chi connectivity index (χ1v) is 41.2. The Morgan fingerprint density at radius 1 is 0.385 bits per heavy atom. The molecule has 1 heterocycles. The van der Waals surface area contributed by atoms with Crippen LogP contribution in [0.3, 0.4) is 0 Å². The lowest BCUT2D eigenvalue weighted by atomic mass is 9.99. The maximum atomic E-state index is 13.1. The number of aliphatic hydroxyl groups is 5. The minimum Gasteiger partial charge on any atom is -0.466 e. The fraction of sp³-hybridized carbons (Fsp3) is 0.835. The van der Waals surface area contributed by atoms with E-state index in [-0.39, 0.29) is 18.5 Å². The number of unbranched alkanes of at least 4 members (excludes halogenated alkanes) is 49. The molecule has 0 radical (unpaired) electrons. The van der Waals surface area contributed by atoms with Gasteiger partial charge in [-0.1, -0.05) is 350 Å². The molecule has 7 atom stereocenters. The Morgan fingerprint density at radius 3 is 1.12 bits per heavy atom. The summed E-state index contributed by atoms with van der Waals surface area (Å²) >= 11 is 0. The van der Waals surface area contributed by atoms with E-state index in [1.807, 2.05) is 6.08 Å². The number of carbonyl (C=O) groups excluding carboxylic acids is 2. The minimum atomic E-state index is -1.58. The molecule has 1 aliphatic rings. The fourth-order valence-corrected chi connectivity index (χ4v) is 12.8. The molecule has 0 aromatic rings. The maximum Gasteiger partial charge on any atom is 0.305 e. The summed E-state index contributed by atoms with van der Waals surface area (Å²) in [6.07, 6.45) is 90.8. The lowest BCUT2D eigenvalue weighted by Crippen LogP contribution is -2.60. The van der Waals surface area contributed by atoms with Gasteiger partial charge < -0.3 is 45.1 Å². The van der Waals surface area contributed by atoms with Crippen molar-refractivity contribution in [3.05, 3.63) is 72.9 Å². The largest absolute Gasteiger partial charge is 0.466 e. The summed E-state index contributed by atoms with van der Waals surface area (Å²) in [5, 5.41) is 54.6. The topological polar surface area (TPSA) is 175 Å². The van der Waals surface area contributed by atoms with Gasteiger partial charge in [-0.05, 0) is 103 Å². The molecule has 1 aliphatic heterocycles. The number of rotatable bonds is 73. The molecule has 1 fully saturated rings. The van der Waals surface area contributed by atoms with Crippen LogP contribution in [0, 0.1) is 0 Å². The van der Waals surface area contributed by atoms with E-state index in [0.29, 0.717) is 19.4 Å². The van der Waals surface area contributed by atoms with Crippen LogP contribution in [0.4, 0.5) is 0 Å². The number of ether oxygens (including phenoxy) is 3. The lowest BCUT2D eigenvalue weighted by Gasteiger charge is -2.40. The normalized spacial score (nSPS) is 17.7. The van der Waals surface area contributed by atoms with Gasteiger partial charge in [0.25, 0.3) is 0 Å². The molecule has 0 bridgehead atoms. The quantitative estimate of drug-likeness (QED) is 0.0195. The fourth-order valence-electron chi connectivity index (χ4n) is 12.8. The number of carbonyl (C=O) groups is 2. The zero-order valence-corrected chi connectivity index (χ0v) is 62.6. The van der Waals surface area contributed by atoms with Crippen LogP contribution < -0.4 is 5.32 Å². The molecule has 0 saturated carbocycles. The number of aliphatic hydroxyl groups excluding tert-OH is 5. The van der Waals surface area contributed by atoms with Gasteiger partial charge >= 0.3 is 5.97 Å². The van der Waals surface area contributed by atoms with Gasteiger partial charge in [0.2, 0.25) is 5.91 Å². The first-order chi connectivity index (χ1) is 47.2. The van der Waals surface area contributed by atoms with Crippen molar-refractivity contribution in [2.45, 2.75) is 436 Å². The molecule has 96 heavy (non-hydrogen) atoms. The van der Waals surface area contributed by atoms with E-state index in [1.165, 1.54) is 295 Å². The summed E-state index contributed by atoms with van der Waals surface area (Å²) in [4.78, 5) is 25.2. The van der Waals surface area contributed by atoms with Crippen LogP contribution in [-0.2, 0) is 23.8 Å². The average molecular weight is 1350 g/mol. The SMILES string of the molecule is CCCC/C=C\C/C=C\CCCCCCCC(=O)OCCCCCCCCCCCCCCCCC/C=C\C/C=C\CCCCCCCCCCCCCCCCCCCC(=O)NC(COC1OC(CO)C(O)C(O)C1O)C(O)/C=C/CC/C=C/CCCCCCCCCCC. The monoisotopic (exact) mass is 1350 g/mol. The van der Waals surface area contributed by atoms with Crippen molar-refractivity contribution < 1.29 is 49.3 Å². The highest BCUT2D eigenvalue weighted by atomic mass is 16.7. The van der Waals surface area contributed by atoms with Crippen molar-refractivity contribution in [3.8, 4) is 0 Å². The first-order valence-electron chi connectivity index (χ1n) is 41.2. The van der Waals surface area contributed by atoms with Crippen LogP contribution in [-0.4, -0.2) is 100 Å². The van der Waals surface area contributed by atoms with E-state index >= 15 is 0 Å². The zero-order chi connectivity index (χ0) is 69.4. The van der Waals surface area contributed by atoms with Crippen LogP contribution in [0.5, 0.6) is 0 Å². The van der Waals surface area contributed by atoms with Gasteiger partial charge in [0.1, 0.15) is 24.4 Å². The van der Waals surface area contributed by atoms with Crippen molar-refractivity contribution in [1.82, 2.24) is 5.32 Å². The molecule has 0 aliphatic carbocycles. The molecule has 1 amide bonds. The molecule has 0 spiro atoms. The maximum absolute atomic E-state index is 13.1. The molecule has 0 aromatic carbocycles. The van der Waals surface area contributed by atoms with Gasteiger partial charge in [-0.15, -0.1) is 0 Å². The van der Waals surface area contributed by atoms with Crippen LogP contribution in [0.25, 0.3) is 0 Å². The highest BCUT2D eigenvalue weighted by molar-refractivity contribution is 5.76. The van der Waals surface area contributed by atoms with E-state index in [9.17, 15) is 35.1 Å². The third kappa shape index (κ3) is 61.0. The summed E-state index contributed by atoms with van der Waals surface area (Å²) in [5.74, 6) is -0.187. The molecule has 1 saturated heterocycles. The highest BCUT2D eigenvalue weighted by Crippen LogP contribution is 2.24. The number of nitrogens with one attached hydrogen (secondary N) is 1. The number of hydrogen-bond acceptors (Lipinski definition) is 10. The van der Waals surface area contributed by atoms with Gasteiger partial charge in [0, 0.05) is 12.8 Å². The zero-order valence-electron chi connectivity index (χ0n) is 62.6. The summed E-state index contributed by atoms with van der Waals surface area (Å²) in [5.41, 5.74) is 0. The van der Waals surface area contributed by atoms with E-state index in [4.69, 9.17) is 14.2 Å². The van der Waals surface area contributed by atoms with Crippen molar-refractivity contribution in [2.24, 2.45) is 0 Å². The average Bonchev–Trinajstić information content (AvgIpc) is 1.45. The van der Waals surface area contributed by atoms with E-state index in [2.05, 4.69) is 79.9 Å². The molecule has 560 valence electrons. The van der Waals surface area contributed by atoms with Crippen molar-refractivity contribution in [1.29, 1.82) is 0 Å². The van der Waals surface area contributed by atoms with Gasteiger partial charge in [0.05, 0.1) is 32.0 Å². The predicted molar refractivity (Wildman–Crippen MR) is 407 cm³/mol. The number of hydrogen-bond donors (Lipinski definition) is 6. The third-order valence-electron chi connectivity index (χ3n) is 19.3. The van der Waals surface area contributed by atoms with E-state index in [1.54, 1.807) is 6.08 Å². The summed E-state index contributed by atoms with van der Waals surface area (Å²) in [7, 11) is 0. The lowest BCUT2D eigenvalue weighted by molar-refractivity contribution is -0.302. The van der Waals surface area contributed by atoms with Gasteiger partial charge in [0.15, 0.2) is 6.29 Å². The highest BCUT2D eigenvalue weighted by Gasteiger charge is 2.44. The Balaban J connectivity index is 1.92. The Bertz CT molecular complexity index is 1830. The minimum absolute atomic E-state index is 0.000269. The molecular weight excluding hydrogens is 1190 g/mol. The summed E-state index contributed by atoms with van der Waals surface area (Å²) in [6, 6.07) is -0.827. The summed E-state index contributed by atoms with van der Waals surface area (Å²) < 4.78 is 16.8. The Hall–Kier alpha value is -2.90. The number of amides is 1. The van der Waals surface area contributed by atoms with Gasteiger partial charge in [-0.2, -0.15) is 0 Å². The molecule has 0 aromatic heterocycles. The van der Waals surface area contributed by atoms with Crippen LogP contribution >= 0.6 is 0 Å². The molecule has 11 heteroatoms. The molecule has 11 nitrogen and oxygen atoms in total. The number of esters is 1. The molecule has 1 rings (SSSR count). The first kappa shape index (κ1) is 91.1. The molecular formula is C85H155NO10. The van der Waals surface area contributed by atoms with Crippen LogP contribution in [0.2, 0.25) is 0 Å². The Morgan fingerprint density at radius 2 is 0.719 bits per heavy atom. The van der Waals surface area contributed by atoms with Gasteiger partial charge in [-0.3, -0.25) is 9.59 Å². The molecule has 6 N–H and O–H groups in total. The second-order valence-electron chi connectivity index (χ2n) is 28.5. The molecule has 7 unspecified atom stereocenters. The second kappa shape index (κ2) is 73.3. The Labute approximate surface area is 591 Å². The number of allylic oxidation sites excluding steroid dienone is 11. The predicted octanol–water partition coefficient (Wildman–Crippen LogP) is 22.6. The third-order valence-corrected chi connectivity index (χ3v) is 19.3. The van der Waals surface area contributed by atoms with Crippen LogP contribution in [0.1, 0.15) is 393 Å². The van der Waals surface area contributed by atoms with Crippen molar-refractivity contribution >= 4 is 11.9 Å². The van der Waals surface area contributed by atoms with E-state index in [0.717, 1.165) is 70.6 Å². The van der Waals surface area contributed by atoms with Crippen molar-refractivity contribution in [2.75, 3.05) is 19.8 Å². The van der Waals surface area contributed by atoms with E-state index < -0.39 is 49.5 Å². The standard InChI is InChI=1S/C85H155NO10/c1-3-5-7-9-11-13-15-17-44-47-51-55-59-63-67-71-78(88)77(76-95-85-84(93)83(92)82(91)79(75-87)96-85)86-80(89)72-68-64-60-56-52-48-45-42-40-38-36-34-32-30-28-26-24-22-20-19-21-23-25-27-29-31-33-35-37-39-41-43-46-50-54-58-62-66-70-74-94-81(90)73-69-65-61-57-53-49-18-16-14-12-10-8-6-4-2/h10,12,16,18-20,23,25,51,55,67,71,77-79,82-85,87-88,91-93H,3-9,11,13-15,17,21-22,24,26-50,52-54,56-66,68-70,72-76H2,1-2H3,(H,86,89)/b12-10-,18-16-,20-19-,25-23-,55-51+,71-67+. The second-order valence-corrected chi connectivity index (χ2v) is 28.5. The summed E-state index contributed by atoms with van der Waals surface area (Å²) in [6.45, 7) is 4.32. The van der Waals surface area contributed by atoms with Gasteiger partial charge in [-0.25, -0.2) is 0 Å². The smallest absolute Gasteiger partial charge is 0.305 e. The van der Waals surface area contributed by atoms with Crippen LogP contribution in [0.15, 0.2) is 72.9 Å². The Kier molecular flexibility index (Phi) is 69.6. The van der Waals surface area contributed by atoms with Crippen molar-refractivity contribution in [3.63, 3.8) is 0 Å².